The van der Waals surface area contributed by atoms with Crippen molar-refractivity contribution in [3.8, 4) is 0 Å². The summed E-state index contributed by atoms with van der Waals surface area (Å²) in [7, 11) is 1.73. The molecule has 0 bridgehead atoms. The van der Waals surface area contributed by atoms with Crippen LogP contribution in [0.25, 0.3) is 0 Å². The highest BCUT2D eigenvalue weighted by molar-refractivity contribution is 9.10. The smallest absolute Gasteiger partial charge is 0.0587 e. The van der Waals surface area contributed by atoms with E-state index in [4.69, 9.17) is 4.74 Å². The molecule has 0 aliphatic carbocycles. The number of thiophene rings is 1. The molecule has 0 aliphatic rings. The fraction of sp³-hybridized carbons (Fsp3) is 0.636. The highest BCUT2D eigenvalue weighted by Gasteiger charge is 2.00. The Kier molecular flexibility index (Phi) is 7.26. The van der Waals surface area contributed by atoms with E-state index in [-0.39, 0.29) is 0 Å². The first-order chi connectivity index (χ1) is 7.34. The summed E-state index contributed by atoms with van der Waals surface area (Å²) in [6, 6.07) is 2.12. The van der Waals surface area contributed by atoms with Crippen LogP contribution in [0.15, 0.2) is 15.9 Å². The first-order valence-electron chi connectivity index (χ1n) is 5.26. The molecule has 2 nitrogen and oxygen atoms in total. The summed E-state index contributed by atoms with van der Waals surface area (Å²) >= 11 is 5.38. The van der Waals surface area contributed by atoms with Gasteiger partial charge in [0.2, 0.25) is 0 Å². The number of hydrogen-bond acceptors (Lipinski definition) is 3. The Labute approximate surface area is 104 Å². The van der Waals surface area contributed by atoms with Crippen LogP contribution in [0, 0.1) is 0 Å². The molecule has 1 rings (SSSR count). The quantitative estimate of drug-likeness (QED) is 0.744. The summed E-state index contributed by atoms with van der Waals surface area (Å²) in [6.45, 7) is 2.85. The molecule has 0 amide bonds. The molecule has 1 aromatic heterocycles. The molecule has 86 valence electrons. The Bertz CT molecular complexity index is 265. The van der Waals surface area contributed by atoms with Gasteiger partial charge in [0, 0.05) is 23.0 Å². The Morgan fingerprint density at radius 2 is 2.27 bits per heavy atom. The standard InChI is InChI=1S/C11H18BrNOS/c1-14-8-7-13-6-3-2-4-11-10(12)5-9-15-11/h5,9,13H,2-4,6-8H2,1H3. The minimum atomic E-state index is 0.802. The van der Waals surface area contributed by atoms with Crippen LogP contribution >= 0.6 is 27.3 Å². The van der Waals surface area contributed by atoms with Crippen molar-refractivity contribution < 1.29 is 4.74 Å². The number of nitrogens with one attached hydrogen (secondary N) is 1. The molecule has 1 aromatic rings. The lowest BCUT2D eigenvalue weighted by molar-refractivity contribution is 0.199. The van der Waals surface area contributed by atoms with Crippen molar-refractivity contribution in [2.24, 2.45) is 0 Å². The molecule has 0 fully saturated rings. The van der Waals surface area contributed by atoms with Gasteiger partial charge in [0.05, 0.1) is 6.61 Å². The van der Waals surface area contributed by atoms with Crippen molar-refractivity contribution in [2.45, 2.75) is 19.3 Å². The van der Waals surface area contributed by atoms with Gasteiger partial charge >= 0.3 is 0 Å². The Morgan fingerprint density at radius 1 is 1.40 bits per heavy atom. The molecule has 15 heavy (non-hydrogen) atoms. The van der Waals surface area contributed by atoms with Gasteiger partial charge in [-0.05, 0) is 53.2 Å². The average molecular weight is 292 g/mol. The average Bonchev–Trinajstić information content (AvgIpc) is 2.63. The fourth-order valence-electron chi connectivity index (χ4n) is 1.34. The lowest BCUT2D eigenvalue weighted by Gasteiger charge is -2.03. The van der Waals surface area contributed by atoms with E-state index in [0.717, 1.165) is 19.7 Å². The molecular formula is C11H18BrNOS. The van der Waals surface area contributed by atoms with Crippen molar-refractivity contribution in [3.05, 3.63) is 20.8 Å². The van der Waals surface area contributed by atoms with E-state index in [1.165, 1.54) is 28.6 Å². The van der Waals surface area contributed by atoms with Crippen LogP contribution < -0.4 is 5.32 Å². The summed E-state index contributed by atoms with van der Waals surface area (Å²) in [6.07, 6.45) is 3.66. The highest BCUT2D eigenvalue weighted by atomic mass is 79.9. The van der Waals surface area contributed by atoms with Gasteiger partial charge in [0.15, 0.2) is 0 Å². The zero-order valence-corrected chi connectivity index (χ0v) is 11.5. The first kappa shape index (κ1) is 13.2. The minimum Gasteiger partial charge on any atom is -0.383 e. The van der Waals surface area contributed by atoms with Gasteiger partial charge in [-0.15, -0.1) is 11.3 Å². The topological polar surface area (TPSA) is 21.3 Å². The monoisotopic (exact) mass is 291 g/mol. The zero-order valence-electron chi connectivity index (χ0n) is 9.09. The van der Waals surface area contributed by atoms with Crippen LogP contribution in [0.2, 0.25) is 0 Å². The molecule has 0 saturated heterocycles. The van der Waals surface area contributed by atoms with Crippen LogP contribution in [0.1, 0.15) is 17.7 Å². The maximum absolute atomic E-state index is 4.96. The van der Waals surface area contributed by atoms with Crippen LogP contribution in [0.4, 0.5) is 0 Å². The lowest BCUT2D eigenvalue weighted by Crippen LogP contribution is -2.20. The SMILES string of the molecule is COCCNCCCCc1sccc1Br. The largest absolute Gasteiger partial charge is 0.383 e. The molecule has 1 N–H and O–H groups in total. The number of halogens is 1. The van der Waals surface area contributed by atoms with Crippen molar-refractivity contribution in [3.63, 3.8) is 0 Å². The fourth-order valence-corrected chi connectivity index (χ4v) is 2.94. The summed E-state index contributed by atoms with van der Waals surface area (Å²) in [5.41, 5.74) is 0. The molecule has 0 spiro atoms. The number of rotatable bonds is 8. The van der Waals surface area contributed by atoms with Crippen molar-refractivity contribution in [2.75, 3.05) is 26.8 Å². The molecule has 0 unspecified atom stereocenters. The second-order valence-corrected chi connectivity index (χ2v) is 5.25. The van der Waals surface area contributed by atoms with Gasteiger partial charge < -0.3 is 10.1 Å². The second kappa shape index (κ2) is 8.28. The molecule has 0 aromatic carbocycles. The molecular weight excluding hydrogens is 274 g/mol. The Hall–Kier alpha value is 0.100. The van der Waals surface area contributed by atoms with E-state index < -0.39 is 0 Å². The maximum Gasteiger partial charge on any atom is 0.0587 e. The van der Waals surface area contributed by atoms with Crippen molar-refractivity contribution >= 4 is 27.3 Å². The van der Waals surface area contributed by atoms with Gasteiger partial charge in [-0.2, -0.15) is 0 Å². The molecule has 0 aliphatic heterocycles. The van der Waals surface area contributed by atoms with Gasteiger partial charge in [-0.3, -0.25) is 0 Å². The van der Waals surface area contributed by atoms with Crippen LogP contribution in [0.5, 0.6) is 0 Å². The van der Waals surface area contributed by atoms with Gasteiger partial charge in [0.25, 0.3) is 0 Å². The second-order valence-electron chi connectivity index (χ2n) is 3.39. The van der Waals surface area contributed by atoms with Crippen LogP contribution in [0.3, 0.4) is 0 Å². The van der Waals surface area contributed by atoms with Crippen LogP contribution in [-0.2, 0) is 11.2 Å². The number of ether oxygens (including phenoxy) is 1. The number of aryl methyl sites for hydroxylation is 1. The van der Waals surface area contributed by atoms with Crippen LogP contribution in [-0.4, -0.2) is 26.8 Å². The predicted molar refractivity (Wildman–Crippen MR) is 69.7 cm³/mol. The molecule has 0 saturated carbocycles. The Morgan fingerprint density at radius 3 is 2.93 bits per heavy atom. The molecule has 0 radical (unpaired) electrons. The maximum atomic E-state index is 4.96. The van der Waals surface area contributed by atoms with Crippen molar-refractivity contribution in [1.82, 2.24) is 5.32 Å². The lowest BCUT2D eigenvalue weighted by atomic mass is 10.2. The number of methoxy groups -OCH3 is 1. The highest BCUT2D eigenvalue weighted by Crippen LogP contribution is 2.24. The minimum absolute atomic E-state index is 0.802. The van der Waals surface area contributed by atoms with E-state index in [1.807, 2.05) is 11.3 Å². The zero-order chi connectivity index (χ0) is 10.9. The first-order valence-corrected chi connectivity index (χ1v) is 6.93. The van der Waals surface area contributed by atoms with E-state index in [2.05, 4.69) is 32.7 Å². The van der Waals surface area contributed by atoms with Gasteiger partial charge in [0.1, 0.15) is 0 Å². The number of unbranched alkanes of at least 4 members (excludes halogenated alkanes) is 1. The predicted octanol–water partition coefficient (Wildman–Crippen LogP) is 3.07. The van der Waals surface area contributed by atoms with E-state index in [1.54, 1.807) is 7.11 Å². The molecule has 1 heterocycles. The molecule has 0 atom stereocenters. The molecule has 4 heteroatoms. The van der Waals surface area contributed by atoms with E-state index >= 15 is 0 Å². The Balaban J connectivity index is 1.96. The number of hydrogen-bond donors (Lipinski definition) is 1. The third kappa shape index (κ3) is 5.66. The third-order valence-corrected chi connectivity index (χ3v) is 4.17. The van der Waals surface area contributed by atoms with Gasteiger partial charge in [-0.25, -0.2) is 0 Å². The summed E-state index contributed by atoms with van der Waals surface area (Å²) in [5, 5.41) is 5.48. The summed E-state index contributed by atoms with van der Waals surface area (Å²) in [4.78, 5) is 1.46. The third-order valence-electron chi connectivity index (χ3n) is 2.18. The van der Waals surface area contributed by atoms with Crippen molar-refractivity contribution in [1.29, 1.82) is 0 Å². The van der Waals surface area contributed by atoms with E-state index in [9.17, 15) is 0 Å². The summed E-state index contributed by atoms with van der Waals surface area (Å²) < 4.78 is 6.22. The van der Waals surface area contributed by atoms with Gasteiger partial charge in [-0.1, -0.05) is 0 Å². The summed E-state index contributed by atoms with van der Waals surface area (Å²) in [5.74, 6) is 0. The van der Waals surface area contributed by atoms with E-state index in [0.29, 0.717) is 0 Å². The normalized spacial score (nSPS) is 10.8.